The van der Waals surface area contributed by atoms with E-state index in [1.807, 2.05) is 0 Å². The van der Waals surface area contributed by atoms with E-state index >= 15 is 0 Å². The van der Waals surface area contributed by atoms with Crippen LogP contribution >= 0.6 is 11.6 Å². The van der Waals surface area contributed by atoms with Crippen LogP contribution < -0.4 is 5.32 Å². The fourth-order valence-corrected chi connectivity index (χ4v) is 1.28. The molecular weight excluding hydrogens is 240 g/mol. The number of carbonyl (C=O) groups excluding carboxylic acids is 1. The van der Waals surface area contributed by atoms with Gasteiger partial charge >= 0.3 is 0 Å². The fourth-order valence-electron chi connectivity index (χ4n) is 1.12. The van der Waals surface area contributed by atoms with Crippen LogP contribution in [-0.4, -0.2) is 30.6 Å². The van der Waals surface area contributed by atoms with Gasteiger partial charge in [-0.25, -0.2) is 0 Å². The van der Waals surface area contributed by atoms with Crippen LogP contribution in [-0.2, 0) is 4.74 Å². The van der Waals surface area contributed by atoms with Gasteiger partial charge in [0.1, 0.15) is 5.69 Å². The Bertz CT molecular complexity index is 383. The first-order valence-electron chi connectivity index (χ1n) is 5.32. The zero-order valence-electron chi connectivity index (χ0n) is 9.49. The first-order chi connectivity index (χ1) is 8.24. The predicted molar refractivity (Wildman–Crippen MR) is 67.2 cm³/mol. The van der Waals surface area contributed by atoms with Gasteiger partial charge in [0.05, 0.1) is 13.2 Å². The van der Waals surface area contributed by atoms with E-state index in [1.165, 1.54) is 12.3 Å². The van der Waals surface area contributed by atoms with Crippen molar-refractivity contribution in [1.82, 2.24) is 10.3 Å². The molecule has 1 heterocycles. The summed E-state index contributed by atoms with van der Waals surface area (Å²) in [5.74, 6) is -0.250. The lowest BCUT2D eigenvalue weighted by molar-refractivity contribution is 0.0913. The van der Waals surface area contributed by atoms with E-state index in [2.05, 4.69) is 16.9 Å². The van der Waals surface area contributed by atoms with Crippen LogP contribution in [0.1, 0.15) is 16.9 Å². The number of amides is 1. The summed E-state index contributed by atoms with van der Waals surface area (Å²) in [6.45, 7) is 5.12. The molecule has 0 unspecified atom stereocenters. The van der Waals surface area contributed by atoms with E-state index in [0.717, 1.165) is 6.42 Å². The Labute approximate surface area is 106 Å². The predicted octanol–water partition coefficient (Wildman–Crippen LogP) is 2.06. The number of carbonyl (C=O) groups is 1. The van der Waals surface area contributed by atoms with Crippen molar-refractivity contribution in [2.45, 2.75) is 6.42 Å². The zero-order valence-corrected chi connectivity index (χ0v) is 10.2. The monoisotopic (exact) mass is 254 g/mol. The Morgan fingerprint density at radius 1 is 1.59 bits per heavy atom. The Morgan fingerprint density at radius 2 is 2.41 bits per heavy atom. The van der Waals surface area contributed by atoms with Gasteiger partial charge in [-0.05, 0) is 18.6 Å². The van der Waals surface area contributed by atoms with E-state index in [4.69, 9.17) is 16.3 Å². The Balaban J connectivity index is 2.23. The molecule has 0 atom stereocenters. The highest BCUT2D eigenvalue weighted by Crippen LogP contribution is 2.07. The lowest BCUT2D eigenvalue weighted by atomic mass is 10.3. The van der Waals surface area contributed by atoms with Gasteiger partial charge < -0.3 is 10.1 Å². The smallest absolute Gasteiger partial charge is 0.270 e. The topological polar surface area (TPSA) is 51.2 Å². The highest BCUT2D eigenvalue weighted by atomic mass is 35.5. The molecule has 0 aromatic carbocycles. The first kappa shape index (κ1) is 13.7. The third-order valence-electron chi connectivity index (χ3n) is 1.95. The molecule has 1 rings (SSSR count). The van der Waals surface area contributed by atoms with Gasteiger partial charge in [0, 0.05) is 17.8 Å². The van der Waals surface area contributed by atoms with Crippen molar-refractivity contribution in [1.29, 1.82) is 0 Å². The van der Waals surface area contributed by atoms with E-state index in [9.17, 15) is 4.79 Å². The second kappa shape index (κ2) is 7.81. The summed E-state index contributed by atoms with van der Waals surface area (Å²) in [6.07, 6.45) is 4.09. The molecule has 0 bridgehead atoms. The SMILES string of the molecule is C=CCCOCCNC(=O)c1cc(Cl)ccn1. The minimum absolute atomic E-state index is 0.250. The van der Waals surface area contributed by atoms with Crippen molar-refractivity contribution in [2.75, 3.05) is 19.8 Å². The lowest BCUT2D eigenvalue weighted by Crippen LogP contribution is -2.28. The maximum Gasteiger partial charge on any atom is 0.270 e. The number of hydrogen-bond acceptors (Lipinski definition) is 3. The van der Waals surface area contributed by atoms with Crippen LogP contribution in [0.25, 0.3) is 0 Å². The average Bonchev–Trinajstić information content (AvgIpc) is 2.33. The molecule has 0 aliphatic heterocycles. The maximum absolute atomic E-state index is 11.6. The van der Waals surface area contributed by atoms with E-state index in [0.29, 0.717) is 30.5 Å². The van der Waals surface area contributed by atoms with Crippen molar-refractivity contribution in [3.63, 3.8) is 0 Å². The minimum Gasteiger partial charge on any atom is -0.379 e. The van der Waals surface area contributed by atoms with Crippen molar-refractivity contribution < 1.29 is 9.53 Å². The Hall–Kier alpha value is -1.39. The molecular formula is C12H15ClN2O2. The number of hydrogen-bond donors (Lipinski definition) is 1. The summed E-state index contributed by atoms with van der Waals surface area (Å²) in [7, 11) is 0. The second-order valence-corrected chi connectivity index (χ2v) is 3.74. The van der Waals surface area contributed by atoms with Gasteiger partial charge in [0.2, 0.25) is 0 Å². The normalized spacial score (nSPS) is 9.94. The van der Waals surface area contributed by atoms with Crippen LogP contribution in [0.2, 0.25) is 5.02 Å². The van der Waals surface area contributed by atoms with E-state index < -0.39 is 0 Å². The quantitative estimate of drug-likeness (QED) is 0.599. The molecule has 1 N–H and O–H groups in total. The number of ether oxygens (including phenoxy) is 1. The van der Waals surface area contributed by atoms with Crippen molar-refractivity contribution in [2.24, 2.45) is 0 Å². The van der Waals surface area contributed by atoms with Gasteiger partial charge in [-0.15, -0.1) is 6.58 Å². The van der Waals surface area contributed by atoms with Crippen molar-refractivity contribution in [3.05, 3.63) is 41.7 Å². The molecule has 1 aromatic heterocycles. The van der Waals surface area contributed by atoms with Crippen molar-refractivity contribution in [3.8, 4) is 0 Å². The summed E-state index contributed by atoms with van der Waals surface area (Å²) < 4.78 is 5.25. The molecule has 92 valence electrons. The summed E-state index contributed by atoms with van der Waals surface area (Å²) in [6, 6.07) is 3.15. The number of pyridine rings is 1. The molecule has 1 aromatic rings. The summed E-state index contributed by atoms with van der Waals surface area (Å²) in [4.78, 5) is 15.5. The largest absolute Gasteiger partial charge is 0.379 e. The van der Waals surface area contributed by atoms with Crippen LogP contribution in [0.4, 0.5) is 0 Å². The summed E-state index contributed by atoms with van der Waals surface area (Å²) in [5, 5.41) is 3.19. The van der Waals surface area contributed by atoms with Gasteiger partial charge in [0.15, 0.2) is 0 Å². The Kier molecular flexibility index (Phi) is 6.29. The lowest BCUT2D eigenvalue weighted by Gasteiger charge is -2.05. The van der Waals surface area contributed by atoms with E-state index in [1.54, 1.807) is 12.1 Å². The number of rotatable bonds is 7. The van der Waals surface area contributed by atoms with Crippen LogP contribution in [0.15, 0.2) is 31.0 Å². The van der Waals surface area contributed by atoms with Gasteiger partial charge in [-0.2, -0.15) is 0 Å². The molecule has 0 saturated carbocycles. The van der Waals surface area contributed by atoms with Crippen LogP contribution in [0.3, 0.4) is 0 Å². The molecule has 1 amide bonds. The number of nitrogens with zero attached hydrogens (tertiary/aromatic N) is 1. The fraction of sp³-hybridized carbons (Fsp3) is 0.333. The van der Waals surface area contributed by atoms with E-state index in [-0.39, 0.29) is 5.91 Å². The third-order valence-corrected chi connectivity index (χ3v) is 2.19. The third kappa shape index (κ3) is 5.47. The highest BCUT2D eigenvalue weighted by molar-refractivity contribution is 6.30. The molecule has 0 aliphatic rings. The summed E-state index contributed by atoms with van der Waals surface area (Å²) >= 11 is 5.75. The average molecular weight is 255 g/mol. The standard InChI is InChI=1S/C12H15ClN2O2/c1-2-3-7-17-8-6-15-12(16)11-9-10(13)4-5-14-11/h2,4-5,9H,1,3,6-8H2,(H,15,16). The van der Waals surface area contributed by atoms with Gasteiger partial charge in [-0.3, -0.25) is 9.78 Å². The van der Waals surface area contributed by atoms with Crippen molar-refractivity contribution >= 4 is 17.5 Å². The first-order valence-corrected chi connectivity index (χ1v) is 5.70. The molecule has 4 nitrogen and oxygen atoms in total. The van der Waals surface area contributed by atoms with Gasteiger partial charge in [-0.1, -0.05) is 17.7 Å². The molecule has 17 heavy (non-hydrogen) atoms. The molecule has 0 spiro atoms. The molecule has 5 heteroatoms. The number of nitrogens with one attached hydrogen (secondary N) is 1. The van der Waals surface area contributed by atoms with Crippen LogP contribution in [0, 0.1) is 0 Å². The highest BCUT2D eigenvalue weighted by Gasteiger charge is 2.06. The minimum atomic E-state index is -0.250. The second-order valence-electron chi connectivity index (χ2n) is 3.30. The zero-order chi connectivity index (χ0) is 12.5. The number of aromatic nitrogens is 1. The molecule has 0 radical (unpaired) electrons. The molecule has 0 aliphatic carbocycles. The molecule has 0 fully saturated rings. The van der Waals surface area contributed by atoms with Gasteiger partial charge in [0.25, 0.3) is 5.91 Å². The Morgan fingerprint density at radius 3 is 3.12 bits per heavy atom. The molecule has 0 saturated heterocycles. The maximum atomic E-state index is 11.6. The summed E-state index contributed by atoms with van der Waals surface area (Å²) in [5.41, 5.74) is 0.309. The number of halogens is 1. The van der Waals surface area contributed by atoms with Crippen LogP contribution in [0.5, 0.6) is 0 Å².